The minimum Gasteiger partial charge on any atom is -0.466 e. The standard InChI is InChI=1S/C8H16O2.C6H10O2.C6H12O2.C5H8O2/c1-3-5-6-7-8(9)10-4-2;1-5-3-2-4-6(7)8-5;1-3-5-6(7)8-4-2;1-4-2-3-5(6)7-4/h3-7H2,1-2H3;5H,2-4H2,1H3;3-5H2,1-2H3;4H,2-3H2,1H3. The van der Waals surface area contributed by atoms with E-state index in [2.05, 4.69) is 11.7 Å². The number of cyclic esters (lactones) is 2. The Morgan fingerprint density at radius 3 is 1.61 bits per heavy atom. The summed E-state index contributed by atoms with van der Waals surface area (Å²) in [5.74, 6) is -0.234. The maximum absolute atomic E-state index is 10.7. The number of ether oxygens (including phenoxy) is 4. The van der Waals surface area contributed by atoms with Gasteiger partial charge in [-0.2, -0.15) is 0 Å². The summed E-state index contributed by atoms with van der Waals surface area (Å²) >= 11 is 0. The third-order valence-corrected chi connectivity index (χ3v) is 4.46. The van der Waals surface area contributed by atoms with Crippen molar-refractivity contribution >= 4 is 23.9 Å². The third-order valence-electron chi connectivity index (χ3n) is 4.46. The summed E-state index contributed by atoms with van der Waals surface area (Å²) in [5, 5.41) is 0. The molecule has 0 saturated carbocycles. The largest absolute Gasteiger partial charge is 0.466 e. The molecule has 0 N–H and O–H groups in total. The van der Waals surface area contributed by atoms with E-state index in [1.807, 2.05) is 34.6 Å². The van der Waals surface area contributed by atoms with E-state index in [1.165, 1.54) is 0 Å². The van der Waals surface area contributed by atoms with Crippen molar-refractivity contribution in [1.82, 2.24) is 0 Å². The molecule has 2 atom stereocenters. The lowest BCUT2D eigenvalue weighted by atomic mass is 10.1. The Labute approximate surface area is 200 Å². The first-order valence-corrected chi connectivity index (χ1v) is 12.4. The Morgan fingerprint density at radius 1 is 0.758 bits per heavy atom. The highest BCUT2D eigenvalue weighted by atomic mass is 16.6. The van der Waals surface area contributed by atoms with Gasteiger partial charge >= 0.3 is 23.9 Å². The normalized spacial score (nSPS) is 18.6. The van der Waals surface area contributed by atoms with Crippen molar-refractivity contribution in [2.24, 2.45) is 0 Å². The number of carbonyl (C=O) groups is 4. The molecule has 0 aromatic heterocycles. The van der Waals surface area contributed by atoms with Gasteiger partial charge in [0.25, 0.3) is 0 Å². The average Bonchev–Trinajstić information content (AvgIpc) is 3.13. The minimum atomic E-state index is -0.0880. The molecule has 2 saturated heterocycles. The third kappa shape index (κ3) is 24.4. The fraction of sp³-hybridized carbons (Fsp3) is 0.840. The number of unbranched alkanes of at least 4 members (excludes halogenated alkanes) is 2. The smallest absolute Gasteiger partial charge is 0.306 e. The zero-order valence-corrected chi connectivity index (χ0v) is 21.6. The van der Waals surface area contributed by atoms with Crippen LogP contribution in [0.25, 0.3) is 0 Å². The summed E-state index contributed by atoms with van der Waals surface area (Å²) in [6, 6.07) is 0. The molecule has 33 heavy (non-hydrogen) atoms. The van der Waals surface area contributed by atoms with Crippen molar-refractivity contribution in [1.29, 1.82) is 0 Å². The van der Waals surface area contributed by atoms with Gasteiger partial charge in [-0.05, 0) is 59.8 Å². The van der Waals surface area contributed by atoms with E-state index in [4.69, 9.17) is 14.2 Å². The summed E-state index contributed by atoms with van der Waals surface area (Å²) in [6.07, 6.45) is 9.75. The second-order valence-corrected chi connectivity index (χ2v) is 7.85. The van der Waals surface area contributed by atoms with Gasteiger partial charge in [0, 0.05) is 25.7 Å². The number of carbonyl (C=O) groups excluding carboxylic acids is 4. The van der Waals surface area contributed by atoms with Gasteiger partial charge in [0.1, 0.15) is 0 Å². The lowest BCUT2D eigenvalue weighted by Gasteiger charge is -2.17. The van der Waals surface area contributed by atoms with E-state index in [9.17, 15) is 19.2 Å². The van der Waals surface area contributed by atoms with Crippen LogP contribution in [0.2, 0.25) is 0 Å². The van der Waals surface area contributed by atoms with Crippen LogP contribution in [0.3, 0.4) is 0 Å². The van der Waals surface area contributed by atoms with E-state index < -0.39 is 0 Å². The quantitative estimate of drug-likeness (QED) is 0.265. The summed E-state index contributed by atoms with van der Waals surface area (Å²) in [7, 11) is 0. The topological polar surface area (TPSA) is 105 Å². The first-order chi connectivity index (χ1) is 15.7. The molecule has 0 aromatic carbocycles. The molecule has 0 radical (unpaired) electrons. The van der Waals surface area contributed by atoms with E-state index in [0.29, 0.717) is 38.9 Å². The van der Waals surface area contributed by atoms with Gasteiger partial charge in [-0.1, -0.05) is 26.7 Å². The van der Waals surface area contributed by atoms with E-state index in [0.717, 1.165) is 44.9 Å². The van der Waals surface area contributed by atoms with Crippen LogP contribution in [-0.4, -0.2) is 49.3 Å². The highest BCUT2D eigenvalue weighted by molar-refractivity contribution is 5.71. The second kappa shape index (κ2) is 23.1. The average molecular weight is 475 g/mol. The molecular weight excluding hydrogens is 428 g/mol. The first-order valence-electron chi connectivity index (χ1n) is 12.4. The zero-order chi connectivity index (χ0) is 25.5. The lowest BCUT2D eigenvalue weighted by Crippen LogP contribution is -2.19. The predicted molar refractivity (Wildman–Crippen MR) is 127 cm³/mol. The van der Waals surface area contributed by atoms with Crippen LogP contribution >= 0.6 is 0 Å². The van der Waals surface area contributed by atoms with E-state index >= 15 is 0 Å². The van der Waals surface area contributed by atoms with Crippen molar-refractivity contribution in [3.63, 3.8) is 0 Å². The molecule has 2 unspecified atom stereocenters. The molecule has 0 amide bonds. The molecule has 8 nitrogen and oxygen atoms in total. The number of hydrogen-bond acceptors (Lipinski definition) is 8. The van der Waals surface area contributed by atoms with Crippen molar-refractivity contribution < 1.29 is 38.1 Å². The molecule has 0 bridgehead atoms. The predicted octanol–water partition coefficient (Wildman–Crippen LogP) is 5.29. The highest BCUT2D eigenvalue weighted by Crippen LogP contribution is 2.12. The summed E-state index contributed by atoms with van der Waals surface area (Å²) in [5.41, 5.74) is 0. The van der Waals surface area contributed by atoms with Gasteiger partial charge in [0.2, 0.25) is 0 Å². The van der Waals surface area contributed by atoms with Gasteiger partial charge in [0.05, 0.1) is 25.4 Å². The summed E-state index contributed by atoms with van der Waals surface area (Å²) < 4.78 is 19.0. The Kier molecular flexibility index (Phi) is 23.1. The lowest BCUT2D eigenvalue weighted by molar-refractivity contribution is -0.152. The minimum absolute atomic E-state index is 0.0382. The van der Waals surface area contributed by atoms with Gasteiger partial charge < -0.3 is 18.9 Å². The maximum atomic E-state index is 10.7. The Hall–Kier alpha value is -2.12. The maximum Gasteiger partial charge on any atom is 0.306 e. The van der Waals surface area contributed by atoms with Crippen LogP contribution in [0.4, 0.5) is 0 Å². The molecule has 0 aromatic rings. The highest BCUT2D eigenvalue weighted by Gasteiger charge is 2.17. The van der Waals surface area contributed by atoms with Crippen molar-refractivity contribution in [2.75, 3.05) is 13.2 Å². The van der Waals surface area contributed by atoms with Crippen LogP contribution < -0.4 is 0 Å². The second-order valence-electron chi connectivity index (χ2n) is 7.85. The van der Waals surface area contributed by atoms with Gasteiger partial charge in [-0.3, -0.25) is 19.2 Å². The van der Waals surface area contributed by atoms with Gasteiger partial charge in [-0.25, -0.2) is 0 Å². The molecule has 194 valence electrons. The Balaban J connectivity index is 0. The zero-order valence-electron chi connectivity index (χ0n) is 21.6. The van der Waals surface area contributed by atoms with Crippen molar-refractivity contribution in [2.45, 2.75) is 124 Å². The molecule has 8 heteroatoms. The molecule has 2 heterocycles. The number of hydrogen-bond donors (Lipinski definition) is 0. The van der Waals surface area contributed by atoms with Crippen LogP contribution in [0.1, 0.15) is 112 Å². The molecule has 0 aliphatic carbocycles. The summed E-state index contributed by atoms with van der Waals surface area (Å²) in [6.45, 7) is 12.6. The molecule has 0 spiro atoms. The van der Waals surface area contributed by atoms with Crippen molar-refractivity contribution in [3.8, 4) is 0 Å². The van der Waals surface area contributed by atoms with Crippen LogP contribution in [0, 0.1) is 0 Å². The first kappa shape index (κ1) is 33.1. The van der Waals surface area contributed by atoms with E-state index in [1.54, 1.807) is 0 Å². The van der Waals surface area contributed by atoms with Crippen LogP contribution in [0.5, 0.6) is 0 Å². The molecular formula is C25H46O8. The Morgan fingerprint density at radius 2 is 1.27 bits per heavy atom. The molecule has 2 rings (SSSR count). The monoisotopic (exact) mass is 474 g/mol. The molecule has 2 fully saturated rings. The number of rotatable bonds is 8. The fourth-order valence-electron chi connectivity index (χ4n) is 2.73. The van der Waals surface area contributed by atoms with Crippen LogP contribution in [0.15, 0.2) is 0 Å². The van der Waals surface area contributed by atoms with Crippen LogP contribution in [-0.2, 0) is 38.1 Å². The number of esters is 4. The molecule has 2 aliphatic heterocycles. The van der Waals surface area contributed by atoms with Gasteiger partial charge in [-0.15, -0.1) is 0 Å². The summed E-state index contributed by atoms with van der Waals surface area (Å²) in [4.78, 5) is 41.8. The SMILES string of the molecule is CC1CCC(=O)O1.CC1CCCC(=O)O1.CCCC(=O)OCC.CCCCCC(=O)OCC. The van der Waals surface area contributed by atoms with Gasteiger partial charge in [0.15, 0.2) is 0 Å². The molecule has 2 aliphatic rings. The fourth-order valence-corrected chi connectivity index (χ4v) is 2.73. The Bertz CT molecular complexity index is 517. The van der Waals surface area contributed by atoms with Crippen molar-refractivity contribution in [3.05, 3.63) is 0 Å². The van der Waals surface area contributed by atoms with E-state index in [-0.39, 0.29) is 36.1 Å².